The molecule has 5 rings (SSSR count). The van der Waals surface area contributed by atoms with E-state index in [1.807, 2.05) is 55.5 Å². The van der Waals surface area contributed by atoms with Crippen molar-refractivity contribution < 1.29 is 32.9 Å². The average molecular weight is 581 g/mol. The summed E-state index contributed by atoms with van der Waals surface area (Å²) in [5.41, 5.74) is 5.43. The summed E-state index contributed by atoms with van der Waals surface area (Å²) < 4.78 is 37.3. The SMILES string of the molecule is Cc1c(-c2ccccc2)cccc1-c1nc2cc(CNC(Cc3ccc(O)cc3)C(=O)O)c(OC(F)F)cc2o1.Cl. The number of carboxylic acid groups (broad SMARTS) is 1. The van der Waals surface area contributed by atoms with Crippen LogP contribution in [0, 0.1) is 6.92 Å². The molecular weight excluding hydrogens is 554 g/mol. The predicted octanol–water partition coefficient (Wildman–Crippen LogP) is 6.98. The molecule has 0 amide bonds. The minimum Gasteiger partial charge on any atom is -0.508 e. The van der Waals surface area contributed by atoms with E-state index < -0.39 is 18.6 Å². The van der Waals surface area contributed by atoms with Crippen LogP contribution in [0.4, 0.5) is 8.78 Å². The van der Waals surface area contributed by atoms with Crippen molar-refractivity contribution in [3.8, 4) is 34.1 Å². The summed E-state index contributed by atoms with van der Waals surface area (Å²) in [7, 11) is 0. The first kappa shape index (κ1) is 29.5. The van der Waals surface area contributed by atoms with Gasteiger partial charge in [0.25, 0.3) is 0 Å². The molecule has 10 heteroatoms. The molecule has 7 nitrogen and oxygen atoms in total. The van der Waals surface area contributed by atoms with Crippen LogP contribution in [-0.2, 0) is 17.8 Å². The second-order valence-electron chi connectivity index (χ2n) is 9.31. The molecule has 1 unspecified atom stereocenters. The van der Waals surface area contributed by atoms with Crippen molar-refractivity contribution in [3.63, 3.8) is 0 Å². The molecule has 0 aliphatic carbocycles. The molecule has 0 saturated carbocycles. The van der Waals surface area contributed by atoms with Gasteiger partial charge in [0.2, 0.25) is 5.89 Å². The molecule has 1 aromatic heterocycles. The van der Waals surface area contributed by atoms with Gasteiger partial charge in [0, 0.05) is 23.7 Å². The van der Waals surface area contributed by atoms with Gasteiger partial charge in [-0.1, -0.05) is 54.6 Å². The van der Waals surface area contributed by atoms with Crippen LogP contribution in [0.25, 0.3) is 33.7 Å². The average Bonchev–Trinajstić information content (AvgIpc) is 3.34. The number of nitrogens with zero attached hydrogens (tertiary/aromatic N) is 1. The number of carboxylic acids is 1. The van der Waals surface area contributed by atoms with Crippen molar-refractivity contribution in [2.75, 3.05) is 0 Å². The highest BCUT2D eigenvalue weighted by Gasteiger charge is 2.21. The summed E-state index contributed by atoms with van der Waals surface area (Å²) in [5, 5.41) is 22.1. The lowest BCUT2D eigenvalue weighted by Gasteiger charge is -2.16. The fraction of sp³-hybridized carbons (Fsp3) is 0.161. The van der Waals surface area contributed by atoms with E-state index in [4.69, 9.17) is 9.15 Å². The number of carbonyl (C=O) groups is 1. The number of phenols is 1. The summed E-state index contributed by atoms with van der Waals surface area (Å²) in [5.74, 6) is -0.849. The number of rotatable bonds is 10. The molecule has 4 aromatic carbocycles. The van der Waals surface area contributed by atoms with Gasteiger partial charge in [-0.3, -0.25) is 10.1 Å². The van der Waals surface area contributed by atoms with E-state index in [1.165, 1.54) is 18.2 Å². The van der Waals surface area contributed by atoms with Gasteiger partial charge in [0.1, 0.15) is 23.1 Å². The first-order valence-corrected chi connectivity index (χ1v) is 12.6. The van der Waals surface area contributed by atoms with Gasteiger partial charge in [-0.2, -0.15) is 8.78 Å². The molecule has 0 aliphatic rings. The Labute approximate surface area is 240 Å². The van der Waals surface area contributed by atoms with Crippen LogP contribution in [0.15, 0.2) is 89.3 Å². The standard InChI is InChI=1S/C31H26F2N2O5.ClH/c1-18-23(20-6-3-2-4-7-20)8-5-9-24(18)29-35-25-15-21(27(40-31(32)33)16-28(25)39-29)17-34-26(30(37)38)14-19-10-12-22(36)13-11-19;/h2-13,15-16,26,31,34,36H,14,17H2,1H3,(H,37,38);1H. The summed E-state index contributed by atoms with van der Waals surface area (Å²) in [6.45, 7) is -1.19. The lowest BCUT2D eigenvalue weighted by molar-refractivity contribution is -0.139. The maximum absolute atomic E-state index is 13.3. The molecule has 1 atom stereocenters. The van der Waals surface area contributed by atoms with Gasteiger partial charge in [-0.05, 0) is 59.9 Å². The van der Waals surface area contributed by atoms with Crippen molar-refractivity contribution in [1.82, 2.24) is 10.3 Å². The number of ether oxygens (including phenoxy) is 1. The first-order chi connectivity index (χ1) is 19.3. The summed E-state index contributed by atoms with van der Waals surface area (Å²) in [4.78, 5) is 16.5. The Kier molecular flexibility index (Phi) is 9.21. The number of nitrogens with one attached hydrogen (secondary N) is 1. The Hall–Kier alpha value is -4.47. The Balaban J connectivity index is 0.00000387. The highest BCUT2D eigenvalue weighted by atomic mass is 35.5. The van der Waals surface area contributed by atoms with Crippen LogP contribution in [0.5, 0.6) is 11.5 Å². The van der Waals surface area contributed by atoms with Crippen LogP contribution < -0.4 is 10.1 Å². The van der Waals surface area contributed by atoms with Crippen molar-refractivity contribution in [1.29, 1.82) is 0 Å². The van der Waals surface area contributed by atoms with Gasteiger partial charge in [-0.15, -0.1) is 12.4 Å². The van der Waals surface area contributed by atoms with Crippen LogP contribution in [0.1, 0.15) is 16.7 Å². The van der Waals surface area contributed by atoms with Gasteiger partial charge in [0.15, 0.2) is 5.58 Å². The third-order valence-electron chi connectivity index (χ3n) is 6.65. The number of hydrogen-bond donors (Lipinski definition) is 3. The number of alkyl halides is 2. The number of phenolic OH excluding ortho intramolecular Hbond substituents is 1. The van der Waals surface area contributed by atoms with Crippen LogP contribution in [0.2, 0.25) is 0 Å². The highest BCUT2D eigenvalue weighted by molar-refractivity contribution is 5.85. The van der Waals surface area contributed by atoms with Gasteiger partial charge < -0.3 is 19.4 Å². The number of fused-ring (bicyclic) bond motifs is 1. The Morgan fingerprint density at radius 2 is 1.71 bits per heavy atom. The molecule has 0 saturated heterocycles. The highest BCUT2D eigenvalue weighted by Crippen LogP contribution is 2.35. The number of halogens is 3. The zero-order valence-corrected chi connectivity index (χ0v) is 22.7. The van der Waals surface area contributed by atoms with Crippen molar-refractivity contribution in [2.24, 2.45) is 0 Å². The fourth-order valence-corrected chi connectivity index (χ4v) is 4.60. The second-order valence-corrected chi connectivity index (χ2v) is 9.31. The van der Waals surface area contributed by atoms with E-state index >= 15 is 0 Å². The summed E-state index contributed by atoms with van der Waals surface area (Å²) in [6.07, 6.45) is 0.119. The van der Waals surface area contributed by atoms with Crippen LogP contribution in [0.3, 0.4) is 0 Å². The largest absolute Gasteiger partial charge is 0.508 e. The molecule has 5 aromatic rings. The van der Waals surface area contributed by atoms with E-state index in [0.717, 1.165) is 22.3 Å². The topological polar surface area (TPSA) is 105 Å². The van der Waals surface area contributed by atoms with Crippen LogP contribution in [-0.4, -0.2) is 33.8 Å². The Morgan fingerprint density at radius 3 is 2.39 bits per heavy atom. The summed E-state index contributed by atoms with van der Waals surface area (Å²) >= 11 is 0. The lowest BCUT2D eigenvalue weighted by atomic mass is 9.96. The molecule has 3 N–H and O–H groups in total. The monoisotopic (exact) mass is 580 g/mol. The maximum atomic E-state index is 13.3. The van der Waals surface area contributed by atoms with Gasteiger partial charge >= 0.3 is 12.6 Å². The molecule has 0 spiro atoms. The molecule has 41 heavy (non-hydrogen) atoms. The minimum absolute atomic E-state index is 0. The Bertz CT molecular complexity index is 1640. The zero-order valence-electron chi connectivity index (χ0n) is 21.9. The maximum Gasteiger partial charge on any atom is 0.387 e. The molecule has 0 fully saturated rings. The fourth-order valence-electron chi connectivity index (χ4n) is 4.60. The summed E-state index contributed by atoms with van der Waals surface area (Å²) in [6, 6.07) is 23.7. The molecule has 1 heterocycles. The second kappa shape index (κ2) is 12.8. The molecule has 0 radical (unpaired) electrons. The normalized spacial score (nSPS) is 11.8. The van der Waals surface area contributed by atoms with Crippen LogP contribution >= 0.6 is 12.4 Å². The van der Waals surface area contributed by atoms with E-state index in [9.17, 15) is 23.8 Å². The Morgan fingerprint density at radius 1 is 1.00 bits per heavy atom. The molecule has 212 valence electrons. The molecular formula is C31H27ClF2N2O5. The van der Waals surface area contributed by atoms with Gasteiger partial charge in [0.05, 0.1) is 0 Å². The van der Waals surface area contributed by atoms with Crippen molar-refractivity contribution in [2.45, 2.75) is 32.5 Å². The zero-order chi connectivity index (χ0) is 28.2. The van der Waals surface area contributed by atoms with Gasteiger partial charge in [-0.25, -0.2) is 4.98 Å². The van der Waals surface area contributed by atoms with Crippen molar-refractivity contribution in [3.05, 3.63) is 102 Å². The number of benzene rings is 4. The predicted molar refractivity (Wildman–Crippen MR) is 154 cm³/mol. The third kappa shape index (κ3) is 6.82. The lowest BCUT2D eigenvalue weighted by Crippen LogP contribution is -2.38. The quantitative estimate of drug-likeness (QED) is 0.164. The number of aromatic hydroxyl groups is 1. The molecule has 0 aliphatic heterocycles. The smallest absolute Gasteiger partial charge is 0.387 e. The number of oxazole rings is 1. The van der Waals surface area contributed by atoms with E-state index in [2.05, 4.69) is 10.3 Å². The number of aromatic nitrogens is 1. The number of aliphatic carboxylic acids is 1. The third-order valence-corrected chi connectivity index (χ3v) is 6.65. The first-order valence-electron chi connectivity index (χ1n) is 12.6. The van der Waals surface area contributed by atoms with E-state index in [1.54, 1.807) is 18.2 Å². The number of hydrogen-bond acceptors (Lipinski definition) is 6. The minimum atomic E-state index is -3.09. The molecule has 0 bridgehead atoms. The van der Waals surface area contributed by atoms with E-state index in [0.29, 0.717) is 22.5 Å². The van der Waals surface area contributed by atoms with Crippen molar-refractivity contribution >= 4 is 29.5 Å². The van der Waals surface area contributed by atoms with E-state index in [-0.39, 0.29) is 42.5 Å².